The van der Waals surface area contributed by atoms with Crippen molar-refractivity contribution in [3.63, 3.8) is 0 Å². The SMILES string of the molecule is O=C(NNC(=O)c1sccc1S(=O)(=O)N1CCCCC1)c1cc(Br)c[nH]1. The molecule has 0 bridgehead atoms. The first kappa shape index (κ1) is 19.1. The second-order valence-electron chi connectivity index (χ2n) is 5.72. The van der Waals surface area contributed by atoms with E-state index in [1.54, 1.807) is 17.6 Å². The Morgan fingerprint density at radius 1 is 1.15 bits per heavy atom. The minimum Gasteiger partial charge on any atom is -0.356 e. The average Bonchev–Trinajstić information content (AvgIpc) is 3.29. The summed E-state index contributed by atoms with van der Waals surface area (Å²) in [6, 6.07) is 2.98. The molecule has 1 saturated heterocycles. The lowest BCUT2D eigenvalue weighted by atomic mass is 10.2. The number of hydrogen-bond donors (Lipinski definition) is 3. The number of nitrogens with zero attached hydrogens (tertiary/aromatic N) is 1. The fourth-order valence-electron chi connectivity index (χ4n) is 2.65. The number of carbonyl (C=O) groups excluding carboxylic acids is 2. The Labute approximate surface area is 163 Å². The molecule has 3 rings (SSSR count). The molecule has 2 aromatic heterocycles. The first-order valence-corrected chi connectivity index (χ1v) is 11.0. The Balaban J connectivity index is 1.71. The van der Waals surface area contributed by atoms with Gasteiger partial charge in [0.15, 0.2) is 0 Å². The number of amides is 2. The van der Waals surface area contributed by atoms with Gasteiger partial charge in [-0.2, -0.15) is 4.31 Å². The highest BCUT2D eigenvalue weighted by Gasteiger charge is 2.31. The van der Waals surface area contributed by atoms with E-state index in [-0.39, 0.29) is 15.5 Å². The molecule has 0 spiro atoms. The third kappa shape index (κ3) is 4.00. The Morgan fingerprint density at radius 3 is 2.50 bits per heavy atom. The van der Waals surface area contributed by atoms with E-state index in [9.17, 15) is 18.0 Å². The third-order valence-electron chi connectivity index (χ3n) is 3.95. The Hall–Kier alpha value is -1.69. The van der Waals surface area contributed by atoms with Crippen molar-refractivity contribution in [3.8, 4) is 0 Å². The van der Waals surface area contributed by atoms with Gasteiger partial charge in [-0.25, -0.2) is 8.42 Å². The molecular weight excluding hydrogens is 444 g/mol. The summed E-state index contributed by atoms with van der Waals surface area (Å²) in [4.78, 5) is 27.1. The van der Waals surface area contributed by atoms with Crippen LogP contribution >= 0.6 is 27.3 Å². The second kappa shape index (κ2) is 7.91. The number of hydrazine groups is 1. The maximum absolute atomic E-state index is 12.8. The molecular formula is C15H17BrN4O4S2. The van der Waals surface area contributed by atoms with Gasteiger partial charge >= 0.3 is 0 Å². The van der Waals surface area contributed by atoms with Crippen LogP contribution < -0.4 is 10.9 Å². The molecule has 1 fully saturated rings. The fourth-order valence-corrected chi connectivity index (χ4v) is 5.80. The quantitative estimate of drug-likeness (QED) is 0.606. The van der Waals surface area contributed by atoms with Crippen LogP contribution in [0.25, 0.3) is 0 Å². The lowest BCUT2D eigenvalue weighted by Gasteiger charge is -2.25. The Morgan fingerprint density at radius 2 is 1.85 bits per heavy atom. The van der Waals surface area contributed by atoms with Gasteiger partial charge < -0.3 is 4.98 Å². The predicted molar refractivity (Wildman–Crippen MR) is 100 cm³/mol. The van der Waals surface area contributed by atoms with Crippen molar-refractivity contribution in [2.24, 2.45) is 0 Å². The molecule has 3 heterocycles. The van der Waals surface area contributed by atoms with Crippen LogP contribution in [-0.2, 0) is 10.0 Å². The van der Waals surface area contributed by atoms with Crippen molar-refractivity contribution in [1.82, 2.24) is 20.1 Å². The van der Waals surface area contributed by atoms with E-state index in [1.165, 1.54) is 10.4 Å². The van der Waals surface area contributed by atoms with E-state index in [4.69, 9.17) is 0 Å². The predicted octanol–water partition coefficient (Wildman–Crippen LogP) is 2.09. The molecule has 8 nitrogen and oxygen atoms in total. The van der Waals surface area contributed by atoms with Crippen molar-refractivity contribution in [2.45, 2.75) is 24.2 Å². The summed E-state index contributed by atoms with van der Waals surface area (Å²) < 4.78 is 27.7. The first-order chi connectivity index (χ1) is 12.4. The summed E-state index contributed by atoms with van der Waals surface area (Å²) in [6.07, 6.45) is 4.21. The van der Waals surface area contributed by atoms with Crippen LogP contribution in [0.2, 0.25) is 0 Å². The summed E-state index contributed by atoms with van der Waals surface area (Å²) in [5.74, 6) is -1.21. The molecule has 0 aromatic carbocycles. The number of carbonyl (C=O) groups is 2. The first-order valence-electron chi connectivity index (χ1n) is 7.92. The number of aromatic amines is 1. The van der Waals surface area contributed by atoms with Crippen LogP contribution in [0.5, 0.6) is 0 Å². The molecule has 0 aliphatic carbocycles. The summed E-state index contributed by atoms with van der Waals surface area (Å²) in [5, 5.41) is 1.55. The van der Waals surface area contributed by atoms with Gasteiger partial charge in [0, 0.05) is 23.8 Å². The number of halogens is 1. The molecule has 2 amide bonds. The smallest absolute Gasteiger partial charge is 0.286 e. The van der Waals surface area contributed by atoms with Crippen LogP contribution in [0.4, 0.5) is 0 Å². The van der Waals surface area contributed by atoms with Gasteiger partial charge in [0.1, 0.15) is 15.5 Å². The van der Waals surface area contributed by atoms with Crippen LogP contribution in [0, 0.1) is 0 Å². The number of aromatic nitrogens is 1. The van der Waals surface area contributed by atoms with E-state index < -0.39 is 21.8 Å². The Bertz CT molecular complexity index is 916. The van der Waals surface area contributed by atoms with Gasteiger partial charge in [-0.15, -0.1) is 11.3 Å². The molecule has 26 heavy (non-hydrogen) atoms. The maximum atomic E-state index is 12.8. The van der Waals surface area contributed by atoms with Crippen molar-refractivity contribution >= 4 is 49.1 Å². The van der Waals surface area contributed by atoms with E-state index in [2.05, 4.69) is 31.8 Å². The van der Waals surface area contributed by atoms with Gasteiger partial charge in [0.2, 0.25) is 10.0 Å². The molecule has 3 N–H and O–H groups in total. The highest BCUT2D eigenvalue weighted by Crippen LogP contribution is 2.27. The van der Waals surface area contributed by atoms with E-state index >= 15 is 0 Å². The van der Waals surface area contributed by atoms with Crippen molar-refractivity contribution in [3.05, 3.63) is 38.8 Å². The molecule has 0 radical (unpaired) electrons. The fraction of sp³-hybridized carbons (Fsp3) is 0.333. The summed E-state index contributed by atoms with van der Waals surface area (Å²) in [7, 11) is -3.72. The zero-order valence-corrected chi connectivity index (χ0v) is 16.8. The third-order valence-corrected chi connectivity index (χ3v) is 7.39. The van der Waals surface area contributed by atoms with Crippen LogP contribution in [-0.4, -0.2) is 42.6 Å². The molecule has 1 aliphatic heterocycles. The number of rotatable bonds is 4. The van der Waals surface area contributed by atoms with Crippen LogP contribution in [0.1, 0.15) is 39.4 Å². The van der Waals surface area contributed by atoms with E-state index in [0.717, 1.165) is 30.6 Å². The van der Waals surface area contributed by atoms with Gasteiger partial charge in [0.25, 0.3) is 11.8 Å². The van der Waals surface area contributed by atoms with Gasteiger partial charge in [-0.1, -0.05) is 6.42 Å². The maximum Gasteiger partial charge on any atom is 0.286 e. The molecule has 1 aliphatic rings. The van der Waals surface area contributed by atoms with Crippen LogP contribution in [0.3, 0.4) is 0 Å². The Kier molecular flexibility index (Phi) is 5.80. The molecule has 0 atom stereocenters. The molecule has 140 valence electrons. The molecule has 2 aromatic rings. The zero-order chi connectivity index (χ0) is 18.7. The molecule has 11 heteroatoms. The lowest BCUT2D eigenvalue weighted by Crippen LogP contribution is -2.42. The zero-order valence-electron chi connectivity index (χ0n) is 13.6. The molecule has 0 saturated carbocycles. The van der Waals surface area contributed by atoms with Gasteiger partial charge in [0.05, 0.1) is 0 Å². The monoisotopic (exact) mass is 460 g/mol. The second-order valence-corrected chi connectivity index (χ2v) is 9.46. The minimum atomic E-state index is -3.72. The summed E-state index contributed by atoms with van der Waals surface area (Å²) >= 11 is 4.23. The normalized spacial score (nSPS) is 15.6. The van der Waals surface area contributed by atoms with Crippen molar-refractivity contribution < 1.29 is 18.0 Å². The van der Waals surface area contributed by atoms with E-state index in [0.29, 0.717) is 17.6 Å². The lowest BCUT2D eigenvalue weighted by molar-refractivity contribution is 0.0845. The minimum absolute atomic E-state index is 0.0289. The standard InChI is InChI=1S/C15H17BrN4O4S2/c16-10-8-11(17-9-10)14(21)18-19-15(22)13-12(4-7-25-13)26(23,24)20-5-2-1-3-6-20/h4,7-9,17H,1-3,5-6H2,(H,18,21)(H,19,22). The average molecular weight is 461 g/mol. The van der Waals surface area contributed by atoms with Crippen molar-refractivity contribution in [1.29, 1.82) is 0 Å². The molecule has 0 unspecified atom stereocenters. The number of sulfonamides is 1. The topological polar surface area (TPSA) is 111 Å². The number of thiophene rings is 1. The highest BCUT2D eigenvalue weighted by atomic mass is 79.9. The number of H-pyrrole nitrogens is 1. The number of piperidine rings is 1. The number of hydrogen-bond acceptors (Lipinski definition) is 5. The summed E-state index contributed by atoms with van der Waals surface area (Å²) in [5.41, 5.74) is 4.78. The number of nitrogens with one attached hydrogen (secondary N) is 3. The highest BCUT2D eigenvalue weighted by molar-refractivity contribution is 9.10. The summed E-state index contributed by atoms with van der Waals surface area (Å²) in [6.45, 7) is 0.912. The van der Waals surface area contributed by atoms with E-state index in [1.807, 2.05) is 0 Å². The van der Waals surface area contributed by atoms with Gasteiger partial charge in [-0.05, 0) is 46.3 Å². The van der Waals surface area contributed by atoms with Crippen molar-refractivity contribution in [2.75, 3.05) is 13.1 Å². The van der Waals surface area contributed by atoms with Gasteiger partial charge in [-0.3, -0.25) is 20.4 Å². The van der Waals surface area contributed by atoms with Crippen LogP contribution in [0.15, 0.2) is 33.1 Å². The largest absolute Gasteiger partial charge is 0.356 e.